The molecule has 2 aromatic carbocycles. The van der Waals surface area contributed by atoms with Crippen LogP contribution >= 0.6 is 11.6 Å². The number of carboxylic acid groups (broad SMARTS) is 1. The van der Waals surface area contributed by atoms with Crippen LogP contribution in [0.5, 0.6) is 11.6 Å². The molecule has 1 aromatic heterocycles. The quantitative estimate of drug-likeness (QED) is 0.279. The van der Waals surface area contributed by atoms with Crippen LogP contribution in [0.15, 0.2) is 53.6 Å². The number of sulfonamides is 1. The van der Waals surface area contributed by atoms with Gasteiger partial charge in [-0.25, -0.2) is 22.2 Å². The highest BCUT2D eigenvalue weighted by atomic mass is 35.5. The predicted octanol–water partition coefficient (Wildman–Crippen LogP) is 5.34. The highest BCUT2D eigenvalue weighted by Crippen LogP contribution is 2.40. The number of alkyl halides is 2. The van der Waals surface area contributed by atoms with Crippen molar-refractivity contribution in [3.05, 3.63) is 75.9 Å². The van der Waals surface area contributed by atoms with Crippen molar-refractivity contribution >= 4 is 45.4 Å². The van der Waals surface area contributed by atoms with Crippen molar-refractivity contribution in [2.75, 3.05) is 24.1 Å². The van der Waals surface area contributed by atoms with Crippen molar-refractivity contribution in [1.29, 1.82) is 0 Å². The van der Waals surface area contributed by atoms with E-state index in [1.165, 1.54) is 54.7 Å². The Morgan fingerprint density at radius 1 is 1.27 bits per heavy atom. The van der Waals surface area contributed by atoms with Crippen LogP contribution in [-0.4, -0.2) is 55.4 Å². The minimum absolute atomic E-state index is 0.0469. The van der Waals surface area contributed by atoms with E-state index in [9.17, 15) is 27.1 Å². The highest BCUT2D eigenvalue weighted by molar-refractivity contribution is 7.93. The lowest BCUT2D eigenvalue weighted by molar-refractivity contribution is -0.137. The third-order valence-corrected chi connectivity index (χ3v) is 8.32. The first-order valence-electron chi connectivity index (χ1n) is 12.5. The second-order valence-electron chi connectivity index (χ2n) is 9.20. The van der Waals surface area contributed by atoms with Crippen molar-refractivity contribution in [2.24, 2.45) is 0 Å². The molecule has 1 atom stereocenters. The van der Waals surface area contributed by atoms with Crippen LogP contribution in [-0.2, 0) is 14.8 Å². The lowest BCUT2D eigenvalue weighted by Crippen LogP contribution is -2.44. The van der Waals surface area contributed by atoms with Gasteiger partial charge in [0.1, 0.15) is 23.4 Å². The van der Waals surface area contributed by atoms with E-state index >= 15 is 0 Å². The number of halogens is 3. The van der Waals surface area contributed by atoms with E-state index in [1.807, 2.05) is 0 Å². The summed E-state index contributed by atoms with van der Waals surface area (Å²) in [4.78, 5) is 15.0. The van der Waals surface area contributed by atoms with Crippen LogP contribution in [0.25, 0.3) is 12.2 Å². The van der Waals surface area contributed by atoms with Crippen LogP contribution in [0.2, 0.25) is 5.02 Å². The standard InChI is InChI=1S/C28H27ClF2N2O7S/c1-17-13-25(28(32-15-17)39-12-11-34)41(37,38)33-16-19(7-10-26(35)36)40-24-9-6-18(14-23(24)33)5-8-20-21(27(30)31)3-2-4-22(20)29/h2-6,8-9,13-15,19,27,34H,7,10-12,16H2,1H3,(H,35,36)/b8-5+/t19-/m0/s1. The van der Waals surface area contributed by atoms with Gasteiger partial charge in [-0.2, -0.15) is 0 Å². The van der Waals surface area contributed by atoms with Crippen LogP contribution < -0.4 is 13.8 Å². The first-order chi connectivity index (χ1) is 19.5. The number of aryl methyl sites for hydroxylation is 1. The average molecular weight is 609 g/mol. The number of hydrogen-bond donors (Lipinski definition) is 2. The number of hydrogen-bond acceptors (Lipinski definition) is 7. The summed E-state index contributed by atoms with van der Waals surface area (Å²) in [5.74, 6) is -1.06. The van der Waals surface area contributed by atoms with Gasteiger partial charge < -0.3 is 19.7 Å². The molecule has 0 radical (unpaired) electrons. The normalized spacial score (nSPS) is 15.2. The number of benzene rings is 2. The Hall–Kier alpha value is -3.74. The Morgan fingerprint density at radius 3 is 2.76 bits per heavy atom. The van der Waals surface area contributed by atoms with Gasteiger partial charge in [-0.3, -0.25) is 9.10 Å². The van der Waals surface area contributed by atoms with Crippen LogP contribution in [0.1, 0.15) is 41.5 Å². The molecule has 2 N–H and O–H groups in total. The average Bonchev–Trinajstić information content (AvgIpc) is 2.94. The third kappa shape index (κ3) is 6.95. The number of fused-ring (bicyclic) bond motifs is 1. The fraction of sp³-hybridized carbons (Fsp3) is 0.286. The lowest BCUT2D eigenvalue weighted by Gasteiger charge is -2.35. The summed E-state index contributed by atoms with van der Waals surface area (Å²) in [5.41, 5.74) is 1.05. The van der Waals surface area contributed by atoms with Gasteiger partial charge in [0.05, 0.1) is 18.8 Å². The molecule has 218 valence electrons. The minimum Gasteiger partial charge on any atom is -0.486 e. The summed E-state index contributed by atoms with van der Waals surface area (Å²) in [6, 6.07) is 10.3. The zero-order valence-corrected chi connectivity index (χ0v) is 23.4. The zero-order valence-electron chi connectivity index (χ0n) is 21.8. The van der Waals surface area contributed by atoms with Crippen LogP contribution in [0.3, 0.4) is 0 Å². The molecular formula is C28H27ClF2N2O7S. The molecule has 0 amide bonds. The smallest absolute Gasteiger partial charge is 0.303 e. The lowest BCUT2D eigenvalue weighted by atomic mass is 10.0. The number of ether oxygens (including phenoxy) is 2. The van der Waals surface area contributed by atoms with E-state index in [0.717, 1.165) is 4.31 Å². The van der Waals surface area contributed by atoms with E-state index in [1.54, 1.807) is 13.0 Å². The molecule has 1 aliphatic heterocycles. The summed E-state index contributed by atoms with van der Waals surface area (Å²) in [6.45, 7) is 0.914. The first-order valence-corrected chi connectivity index (χ1v) is 14.3. The maximum atomic E-state index is 14.1. The molecule has 0 spiro atoms. The first kappa shape index (κ1) is 30.2. The Bertz CT molecular complexity index is 1570. The molecule has 41 heavy (non-hydrogen) atoms. The van der Waals surface area contributed by atoms with Crippen LogP contribution in [0, 0.1) is 6.92 Å². The van der Waals surface area contributed by atoms with Gasteiger partial charge in [0.15, 0.2) is 0 Å². The molecule has 9 nitrogen and oxygen atoms in total. The molecule has 0 bridgehead atoms. The molecule has 0 fully saturated rings. The number of nitrogens with zero attached hydrogens (tertiary/aromatic N) is 2. The Balaban J connectivity index is 1.79. The van der Waals surface area contributed by atoms with E-state index < -0.39 is 28.5 Å². The third-order valence-electron chi connectivity index (χ3n) is 6.21. The number of aliphatic hydroxyl groups excluding tert-OH is 1. The molecule has 4 rings (SSSR count). The van der Waals surface area contributed by atoms with Gasteiger partial charge in [0, 0.05) is 28.8 Å². The maximum absolute atomic E-state index is 14.1. The number of carbonyl (C=O) groups is 1. The van der Waals surface area contributed by atoms with Gasteiger partial charge >= 0.3 is 5.97 Å². The van der Waals surface area contributed by atoms with E-state index in [4.69, 9.17) is 26.2 Å². The monoisotopic (exact) mass is 608 g/mol. The molecule has 0 saturated carbocycles. The fourth-order valence-corrected chi connectivity index (χ4v) is 6.19. The van der Waals surface area contributed by atoms with E-state index in [-0.39, 0.29) is 71.0 Å². The summed E-state index contributed by atoms with van der Waals surface area (Å²) in [7, 11) is -4.35. The predicted molar refractivity (Wildman–Crippen MR) is 149 cm³/mol. The van der Waals surface area contributed by atoms with Crippen molar-refractivity contribution in [3.8, 4) is 11.6 Å². The van der Waals surface area contributed by atoms with Crippen molar-refractivity contribution in [2.45, 2.75) is 37.2 Å². The molecule has 1 aliphatic rings. The molecule has 0 saturated heterocycles. The Labute approximate surface area is 240 Å². The van der Waals surface area contributed by atoms with Crippen LogP contribution in [0.4, 0.5) is 14.5 Å². The minimum atomic E-state index is -4.35. The zero-order chi connectivity index (χ0) is 29.7. The summed E-state index contributed by atoms with van der Waals surface area (Å²) in [6.07, 6.45) is 0.666. The molecular weight excluding hydrogens is 582 g/mol. The van der Waals surface area contributed by atoms with Gasteiger partial charge in [-0.1, -0.05) is 42.0 Å². The van der Waals surface area contributed by atoms with E-state index in [0.29, 0.717) is 11.1 Å². The Morgan fingerprint density at radius 2 is 2.05 bits per heavy atom. The number of anilines is 1. The van der Waals surface area contributed by atoms with Gasteiger partial charge in [-0.15, -0.1) is 0 Å². The molecule has 3 aromatic rings. The maximum Gasteiger partial charge on any atom is 0.303 e. The number of aliphatic hydroxyl groups is 1. The molecule has 13 heteroatoms. The molecule has 2 heterocycles. The van der Waals surface area contributed by atoms with Crippen molar-refractivity contribution < 1.29 is 41.7 Å². The number of rotatable bonds is 11. The number of aromatic nitrogens is 1. The second-order valence-corrected chi connectivity index (χ2v) is 11.4. The molecule has 0 unspecified atom stereocenters. The second kappa shape index (κ2) is 12.8. The summed E-state index contributed by atoms with van der Waals surface area (Å²) in [5, 5.41) is 18.5. The number of carboxylic acids is 1. The summed E-state index contributed by atoms with van der Waals surface area (Å²) < 4.78 is 67.7. The topological polar surface area (TPSA) is 126 Å². The summed E-state index contributed by atoms with van der Waals surface area (Å²) >= 11 is 6.17. The number of aliphatic carboxylic acids is 1. The largest absolute Gasteiger partial charge is 0.486 e. The number of pyridine rings is 1. The van der Waals surface area contributed by atoms with Crippen molar-refractivity contribution in [1.82, 2.24) is 4.98 Å². The van der Waals surface area contributed by atoms with Crippen molar-refractivity contribution in [3.63, 3.8) is 0 Å². The van der Waals surface area contributed by atoms with E-state index in [2.05, 4.69) is 4.98 Å². The Kier molecular flexibility index (Phi) is 9.46. The van der Waals surface area contributed by atoms with Gasteiger partial charge in [-0.05, 0) is 48.7 Å². The van der Waals surface area contributed by atoms with Gasteiger partial charge in [0.2, 0.25) is 5.88 Å². The SMILES string of the molecule is Cc1cnc(OCCO)c(S(=O)(=O)N2C[C@H](CCC(=O)O)Oc3ccc(/C=C/c4c(Cl)cccc4C(F)F)cc32)c1. The molecule has 0 aliphatic carbocycles. The highest BCUT2D eigenvalue weighted by Gasteiger charge is 2.37. The van der Waals surface area contributed by atoms with Gasteiger partial charge in [0.25, 0.3) is 16.4 Å². The fourth-order valence-electron chi connectivity index (χ4n) is 4.28.